The van der Waals surface area contributed by atoms with Gasteiger partial charge < -0.3 is 5.11 Å². The molecule has 3 saturated carbocycles. The Morgan fingerprint density at radius 1 is 0.643 bits per heavy atom. The zero-order valence-corrected chi connectivity index (χ0v) is 28.0. The van der Waals surface area contributed by atoms with Crippen LogP contribution < -0.4 is 21.7 Å². The summed E-state index contributed by atoms with van der Waals surface area (Å²) in [7, 11) is 0. The SMILES string of the molecule is CCCCCC(C)(C)C1CC2CC3CC4NN(NC4C(C(C)(C)CCCCC)C3)C3C(O)CCCC3N3NC(C2)C1N3. The Hall–Kier alpha value is -0.280. The fourth-order valence-electron chi connectivity index (χ4n) is 10.8. The van der Waals surface area contributed by atoms with Crippen LogP contribution >= 0.6 is 0 Å². The van der Waals surface area contributed by atoms with Crippen LogP contribution in [-0.2, 0) is 0 Å². The van der Waals surface area contributed by atoms with E-state index < -0.39 is 0 Å². The number of hydrazine groups is 4. The lowest BCUT2D eigenvalue weighted by Gasteiger charge is -2.49. The molecule has 3 aliphatic carbocycles. The molecule has 0 aromatic heterocycles. The smallest absolute Gasteiger partial charge is 0.0842 e. The third kappa shape index (κ3) is 6.24. The standard InChI is InChI=1S/C35H66N6O/c1-7-9-11-16-34(3,4)25-19-23-18-24-20-26(35(5,6)17-12-10-8-2)32-28(22-24)37-41(39-32)33-29(14-13-15-30(33)42)40-36-27(21-23)31(25)38-40/h23-33,36-39,42H,7-22H2,1-6H3. The maximum atomic E-state index is 11.6. The summed E-state index contributed by atoms with van der Waals surface area (Å²) in [5.41, 5.74) is 16.8. The highest BCUT2D eigenvalue weighted by Gasteiger charge is 2.56. The van der Waals surface area contributed by atoms with E-state index in [0.29, 0.717) is 46.8 Å². The minimum absolute atomic E-state index is 0.0272. The molecule has 0 aromatic rings. The number of rotatable bonds is 10. The number of aliphatic hydroxyl groups is 1. The first kappa shape index (κ1) is 31.7. The molecule has 0 radical (unpaired) electrons. The van der Waals surface area contributed by atoms with E-state index >= 15 is 0 Å². The summed E-state index contributed by atoms with van der Waals surface area (Å²) in [6.45, 7) is 15.0. The van der Waals surface area contributed by atoms with E-state index in [-0.39, 0.29) is 18.2 Å². The van der Waals surface area contributed by atoms with Gasteiger partial charge in [-0.05, 0) is 98.7 Å². The summed E-state index contributed by atoms with van der Waals surface area (Å²) in [5, 5.41) is 16.3. The normalized spacial score (nSPS) is 45.4. The molecule has 3 aliphatic heterocycles. The second-order valence-electron chi connectivity index (χ2n) is 17.1. The van der Waals surface area contributed by atoms with Crippen LogP contribution in [0.5, 0.6) is 0 Å². The maximum Gasteiger partial charge on any atom is 0.0842 e. The predicted octanol–water partition coefficient (Wildman–Crippen LogP) is 6.06. The third-order valence-corrected chi connectivity index (χ3v) is 13.2. The van der Waals surface area contributed by atoms with Crippen LogP contribution in [0.3, 0.4) is 0 Å². The summed E-state index contributed by atoms with van der Waals surface area (Å²) in [4.78, 5) is 0. The first-order valence-corrected chi connectivity index (χ1v) is 18.4. The monoisotopic (exact) mass is 587 g/mol. The van der Waals surface area contributed by atoms with Crippen molar-refractivity contribution in [1.29, 1.82) is 0 Å². The minimum atomic E-state index is -0.332. The van der Waals surface area contributed by atoms with E-state index in [9.17, 15) is 5.11 Å². The Morgan fingerprint density at radius 3 is 1.71 bits per heavy atom. The Morgan fingerprint density at radius 2 is 1.17 bits per heavy atom. The average Bonchev–Trinajstić information content (AvgIpc) is 3.56. The lowest BCUT2D eigenvalue weighted by molar-refractivity contribution is -0.0874. The van der Waals surface area contributed by atoms with Crippen molar-refractivity contribution in [1.82, 2.24) is 31.9 Å². The van der Waals surface area contributed by atoms with Crippen molar-refractivity contribution in [2.24, 2.45) is 34.5 Å². The molecule has 3 saturated heterocycles. The highest BCUT2D eigenvalue weighted by atomic mass is 16.3. The Balaban J connectivity index is 1.33. The minimum Gasteiger partial charge on any atom is -0.391 e. The molecule has 3 heterocycles. The number of nitrogens with zero attached hydrogens (tertiary/aromatic N) is 2. The zero-order valence-electron chi connectivity index (χ0n) is 28.0. The highest BCUT2D eigenvalue weighted by molar-refractivity contribution is 5.08. The molecular weight excluding hydrogens is 520 g/mol. The van der Waals surface area contributed by atoms with Gasteiger partial charge in [-0.25, -0.2) is 21.7 Å². The van der Waals surface area contributed by atoms with Crippen molar-refractivity contribution in [2.45, 2.75) is 187 Å². The van der Waals surface area contributed by atoms with Gasteiger partial charge in [-0.15, -0.1) is 0 Å². The molecule has 6 bridgehead atoms. The van der Waals surface area contributed by atoms with Gasteiger partial charge in [0.1, 0.15) is 0 Å². The summed E-state index contributed by atoms with van der Waals surface area (Å²) in [5.74, 6) is 2.90. The molecule has 0 amide bonds. The van der Waals surface area contributed by atoms with Gasteiger partial charge in [-0.2, -0.15) is 10.2 Å². The highest BCUT2D eigenvalue weighted by Crippen LogP contribution is 2.51. The second kappa shape index (κ2) is 12.8. The molecule has 13 atom stereocenters. The van der Waals surface area contributed by atoms with Crippen LogP contribution in [0.4, 0.5) is 0 Å². The number of aliphatic hydroxyl groups excluding tert-OH is 1. The molecule has 0 spiro atoms. The van der Waals surface area contributed by atoms with E-state index in [1.807, 2.05) is 0 Å². The average molecular weight is 587 g/mol. The van der Waals surface area contributed by atoms with Crippen LogP contribution in [0, 0.1) is 34.5 Å². The Labute approximate surface area is 258 Å². The van der Waals surface area contributed by atoms with Gasteiger partial charge in [0.25, 0.3) is 0 Å². The Bertz CT molecular complexity index is 897. The van der Waals surface area contributed by atoms with E-state index in [2.05, 4.69) is 73.5 Å². The molecule has 242 valence electrons. The molecular formula is C35H66N6O. The van der Waals surface area contributed by atoms with Crippen molar-refractivity contribution >= 4 is 0 Å². The lowest BCUT2D eigenvalue weighted by Crippen LogP contribution is -2.66. The maximum absolute atomic E-state index is 11.6. The molecule has 7 heteroatoms. The molecule has 6 aliphatic rings. The van der Waals surface area contributed by atoms with Gasteiger partial charge in [0.2, 0.25) is 0 Å². The predicted molar refractivity (Wildman–Crippen MR) is 172 cm³/mol. The van der Waals surface area contributed by atoms with Gasteiger partial charge in [-0.3, -0.25) is 0 Å². The summed E-state index contributed by atoms with van der Waals surface area (Å²) >= 11 is 0. The molecule has 42 heavy (non-hydrogen) atoms. The van der Waals surface area contributed by atoms with E-state index in [1.165, 1.54) is 83.5 Å². The van der Waals surface area contributed by atoms with E-state index in [1.54, 1.807) is 0 Å². The van der Waals surface area contributed by atoms with Crippen LogP contribution in [-0.4, -0.2) is 57.7 Å². The third-order valence-electron chi connectivity index (χ3n) is 13.2. The number of nitrogens with one attached hydrogen (secondary N) is 4. The van der Waals surface area contributed by atoms with Crippen LogP contribution in [0.2, 0.25) is 0 Å². The van der Waals surface area contributed by atoms with Crippen molar-refractivity contribution in [3.8, 4) is 0 Å². The molecule has 13 unspecified atom stereocenters. The number of fused-ring (bicyclic) bond motifs is 7. The summed E-state index contributed by atoms with van der Waals surface area (Å²) in [6.07, 6.45) is 20.1. The topological polar surface area (TPSA) is 74.8 Å². The van der Waals surface area contributed by atoms with E-state index in [0.717, 1.165) is 31.1 Å². The van der Waals surface area contributed by atoms with Gasteiger partial charge >= 0.3 is 0 Å². The summed E-state index contributed by atoms with van der Waals surface area (Å²) < 4.78 is 0. The zero-order chi connectivity index (χ0) is 29.6. The van der Waals surface area contributed by atoms with Crippen LogP contribution in [0.25, 0.3) is 0 Å². The first-order chi connectivity index (χ1) is 20.1. The van der Waals surface area contributed by atoms with Crippen LogP contribution in [0.1, 0.15) is 144 Å². The molecule has 6 rings (SSSR count). The van der Waals surface area contributed by atoms with E-state index in [4.69, 9.17) is 0 Å². The number of unbranched alkanes of at least 4 members (excludes halogenated alkanes) is 4. The first-order valence-electron chi connectivity index (χ1n) is 18.4. The summed E-state index contributed by atoms with van der Waals surface area (Å²) in [6, 6.07) is 2.14. The van der Waals surface area contributed by atoms with Gasteiger partial charge in [0.05, 0.1) is 18.2 Å². The quantitative estimate of drug-likeness (QED) is 0.199. The number of hydrogen-bond donors (Lipinski definition) is 5. The fraction of sp³-hybridized carbons (Fsp3) is 1.00. The van der Waals surface area contributed by atoms with Gasteiger partial charge in [0, 0.05) is 24.2 Å². The van der Waals surface area contributed by atoms with Crippen LogP contribution in [0.15, 0.2) is 0 Å². The lowest BCUT2D eigenvalue weighted by atomic mass is 9.59. The molecule has 6 fully saturated rings. The molecule has 0 aromatic carbocycles. The van der Waals surface area contributed by atoms with Gasteiger partial charge in [-0.1, -0.05) is 80.1 Å². The van der Waals surface area contributed by atoms with Gasteiger partial charge in [0.15, 0.2) is 0 Å². The Kier molecular flexibility index (Phi) is 9.69. The largest absolute Gasteiger partial charge is 0.391 e. The molecule has 5 N–H and O–H groups in total. The van der Waals surface area contributed by atoms with Crippen molar-refractivity contribution in [2.75, 3.05) is 0 Å². The van der Waals surface area contributed by atoms with Crippen molar-refractivity contribution in [3.63, 3.8) is 0 Å². The van der Waals surface area contributed by atoms with Crippen molar-refractivity contribution < 1.29 is 5.11 Å². The van der Waals surface area contributed by atoms with Crippen molar-refractivity contribution in [3.05, 3.63) is 0 Å². The molecule has 7 nitrogen and oxygen atoms in total. The fourth-order valence-corrected chi connectivity index (χ4v) is 10.8. The second-order valence-corrected chi connectivity index (χ2v) is 17.1. The number of hydrogen-bond acceptors (Lipinski definition) is 7.